The highest BCUT2D eigenvalue weighted by molar-refractivity contribution is 6.02. The molecule has 0 saturated carbocycles. The SMILES string of the molecule is CN(C)c1ccc2cc(C(=O)C[C@@H](NC(=O)OCC3c4ccccc4-c4ccccc43)C(=O)O)ccc2c1. The van der Waals surface area contributed by atoms with Crippen molar-refractivity contribution in [2.24, 2.45) is 0 Å². The van der Waals surface area contributed by atoms with Gasteiger partial charge in [0.15, 0.2) is 5.78 Å². The number of nitrogens with one attached hydrogen (secondary N) is 1. The van der Waals surface area contributed by atoms with Gasteiger partial charge < -0.3 is 20.1 Å². The molecule has 38 heavy (non-hydrogen) atoms. The number of benzene rings is 4. The first-order chi connectivity index (χ1) is 18.3. The van der Waals surface area contributed by atoms with E-state index in [4.69, 9.17) is 4.74 Å². The number of Topliss-reactive ketones (excluding diaryl/α,β-unsaturated/α-hetero) is 1. The van der Waals surface area contributed by atoms with Crippen LogP contribution >= 0.6 is 0 Å². The van der Waals surface area contributed by atoms with Crippen LogP contribution in [0.3, 0.4) is 0 Å². The molecule has 7 heteroatoms. The summed E-state index contributed by atoms with van der Waals surface area (Å²) in [5, 5.41) is 13.9. The number of fused-ring (bicyclic) bond motifs is 4. The molecule has 0 aromatic heterocycles. The molecule has 192 valence electrons. The largest absolute Gasteiger partial charge is 0.480 e. The Balaban J connectivity index is 1.24. The molecular weight excluding hydrogens is 480 g/mol. The van der Waals surface area contributed by atoms with Gasteiger partial charge in [0, 0.05) is 37.7 Å². The van der Waals surface area contributed by atoms with Crippen LogP contribution in [0.15, 0.2) is 84.9 Å². The van der Waals surface area contributed by atoms with Crippen LogP contribution in [0, 0.1) is 0 Å². The monoisotopic (exact) mass is 508 g/mol. The number of rotatable bonds is 8. The third kappa shape index (κ3) is 4.95. The van der Waals surface area contributed by atoms with Crippen molar-refractivity contribution in [3.05, 3.63) is 102 Å². The highest BCUT2D eigenvalue weighted by Crippen LogP contribution is 2.44. The van der Waals surface area contributed by atoms with E-state index in [1.807, 2.05) is 91.8 Å². The zero-order valence-electron chi connectivity index (χ0n) is 21.2. The minimum atomic E-state index is -1.41. The average molecular weight is 509 g/mol. The van der Waals surface area contributed by atoms with Crippen LogP contribution in [0.1, 0.15) is 33.8 Å². The highest BCUT2D eigenvalue weighted by atomic mass is 16.5. The summed E-state index contributed by atoms with van der Waals surface area (Å²) in [7, 11) is 3.91. The smallest absolute Gasteiger partial charge is 0.407 e. The molecule has 0 radical (unpaired) electrons. The zero-order valence-corrected chi connectivity index (χ0v) is 21.2. The van der Waals surface area contributed by atoms with Crippen LogP contribution in [0.2, 0.25) is 0 Å². The van der Waals surface area contributed by atoms with Crippen LogP contribution in [0.5, 0.6) is 0 Å². The van der Waals surface area contributed by atoms with Gasteiger partial charge in [-0.05, 0) is 51.2 Å². The standard InChI is InChI=1S/C31H28N2O5/c1-33(2)22-14-13-19-15-21(12-11-20(19)16-22)29(34)17-28(30(35)36)32-31(37)38-18-27-25-9-5-3-7-23(25)24-8-4-6-10-26(24)27/h3-16,27-28H,17-18H2,1-2H3,(H,32,37)(H,35,36)/t28-/m1/s1. The Bertz CT molecular complexity index is 1500. The minimum Gasteiger partial charge on any atom is -0.480 e. The maximum absolute atomic E-state index is 12.9. The Hall–Kier alpha value is -4.65. The number of carbonyl (C=O) groups is 3. The Kier molecular flexibility index (Phi) is 6.83. The molecule has 1 atom stereocenters. The lowest BCUT2D eigenvalue weighted by molar-refractivity contribution is -0.139. The maximum Gasteiger partial charge on any atom is 0.407 e. The fourth-order valence-electron chi connectivity index (χ4n) is 4.97. The van der Waals surface area contributed by atoms with Gasteiger partial charge in [0.05, 0.1) is 0 Å². The molecule has 0 heterocycles. The van der Waals surface area contributed by atoms with Crippen LogP contribution in [-0.4, -0.2) is 49.7 Å². The predicted octanol–water partition coefficient (Wildman–Crippen LogP) is 5.47. The van der Waals surface area contributed by atoms with E-state index in [1.165, 1.54) is 0 Å². The molecule has 1 amide bonds. The maximum atomic E-state index is 12.9. The summed E-state index contributed by atoms with van der Waals surface area (Å²) in [6.07, 6.45) is -1.26. The van der Waals surface area contributed by atoms with E-state index in [1.54, 1.807) is 12.1 Å². The molecule has 4 aromatic rings. The average Bonchev–Trinajstić information content (AvgIpc) is 3.24. The lowest BCUT2D eigenvalue weighted by atomic mass is 9.98. The number of aliphatic carboxylic acids is 1. The normalized spacial score (nSPS) is 12.9. The highest BCUT2D eigenvalue weighted by Gasteiger charge is 2.30. The Morgan fingerprint density at radius 1 is 0.868 bits per heavy atom. The number of alkyl carbamates (subject to hydrolysis) is 1. The minimum absolute atomic E-state index is 0.0553. The molecule has 0 aliphatic heterocycles. The Morgan fingerprint density at radius 3 is 2.11 bits per heavy atom. The summed E-state index contributed by atoms with van der Waals surface area (Å²) < 4.78 is 5.47. The van der Waals surface area contributed by atoms with E-state index in [0.717, 1.165) is 38.7 Å². The van der Waals surface area contributed by atoms with Crippen molar-refractivity contribution in [1.82, 2.24) is 5.32 Å². The summed E-state index contributed by atoms with van der Waals surface area (Å²) in [5.41, 5.74) is 5.73. The number of hydrogen-bond acceptors (Lipinski definition) is 5. The second-order valence-corrected chi connectivity index (χ2v) is 9.63. The number of amides is 1. The van der Waals surface area contributed by atoms with E-state index >= 15 is 0 Å². The molecule has 5 rings (SSSR count). The third-order valence-electron chi connectivity index (χ3n) is 6.99. The van der Waals surface area contributed by atoms with Crippen molar-refractivity contribution in [2.75, 3.05) is 25.6 Å². The number of ether oxygens (including phenoxy) is 1. The van der Waals surface area contributed by atoms with E-state index in [2.05, 4.69) is 5.32 Å². The lowest BCUT2D eigenvalue weighted by Crippen LogP contribution is -2.42. The van der Waals surface area contributed by atoms with E-state index in [9.17, 15) is 19.5 Å². The van der Waals surface area contributed by atoms with Gasteiger partial charge in [-0.1, -0.05) is 66.7 Å². The molecule has 4 aromatic carbocycles. The van der Waals surface area contributed by atoms with Crippen molar-refractivity contribution in [3.8, 4) is 11.1 Å². The first-order valence-electron chi connectivity index (χ1n) is 12.4. The van der Waals surface area contributed by atoms with Crippen LogP contribution in [-0.2, 0) is 9.53 Å². The zero-order chi connectivity index (χ0) is 26.8. The Morgan fingerprint density at radius 2 is 1.47 bits per heavy atom. The number of ketones is 1. The van der Waals surface area contributed by atoms with Crippen molar-refractivity contribution in [1.29, 1.82) is 0 Å². The van der Waals surface area contributed by atoms with E-state index in [0.29, 0.717) is 5.56 Å². The number of carbonyl (C=O) groups excluding carboxylic acids is 2. The fraction of sp³-hybridized carbons (Fsp3) is 0.194. The van der Waals surface area contributed by atoms with Gasteiger partial charge in [-0.15, -0.1) is 0 Å². The van der Waals surface area contributed by atoms with Crippen molar-refractivity contribution in [2.45, 2.75) is 18.4 Å². The third-order valence-corrected chi connectivity index (χ3v) is 6.99. The number of carboxylic acid groups (broad SMARTS) is 1. The lowest BCUT2D eigenvalue weighted by Gasteiger charge is -2.17. The summed E-state index contributed by atoms with van der Waals surface area (Å²) in [6.45, 7) is 0.0553. The molecule has 0 fully saturated rings. The van der Waals surface area contributed by atoms with E-state index < -0.39 is 18.1 Å². The van der Waals surface area contributed by atoms with Gasteiger partial charge in [-0.2, -0.15) is 0 Å². The summed E-state index contributed by atoms with van der Waals surface area (Å²) in [6, 6.07) is 25.6. The van der Waals surface area contributed by atoms with Gasteiger partial charge in [0.25, 0.3) is 0 Å². The molecule has 0 saturated heterocycles. The van der Waals surface area contributed by atoms with Crippen LogP contribution < -0.4 is 10.2 Å². The molecular formula is C31H28N2O5. The van der Waals surface area contributed by atoms with Gasteiger partial charge >= 0.3 is 12.1 Å². The molecule has 2 N–H and O–H groups in total. The Labute approximate surface area is 220 Å². The predicted molar refractivity (Wildman–Crippen MR) is 147 cm³/mol. The van der Waals surface area contributed by atoms with Gasteiger partial charge in [0.2, 0.25) is 0 Å². The number of carboxylic acids is 1. The molecule has 0 unspecified atom stereocenters. The second kappa shape index (κ2) is 10.4. The molecule has 0 bridgehead atoms. The second-order valence-electron chi connectivity index (χ2n) is 9.63. The summed E-state index contributed by atoms with van der Waals surface area (Å²) in [4.78, 5) is 39.4. The first kappa shape index (κ1) is 25.0. The van der Waals surface area contributed by atoms with Crippen molar-refractivity contribution < 1.29 is 24.2 Å². The van der Waals surface area contributed by atoms with E-state index in [-0.39, 0.29) is 24.7 Å². The number of hydrogen-bond donors (Lipinski definition) is 2. The van der Waals surface area contributed by atoms with Gasteiger partial charge in [0.1, 0.15) is 12.6 Å². The quantitative estimate of drug-likeness (QED) is 0.307. The van der Waals surface area contributed by atoms with Crippen LogP contribution in [0.4, 0.5) is 10.5 Å². The summed E-state index contributed by atoms with van der Waals surface area (Å²) in [5.74, 6) is -1.83. The fourth-order valence-corrected chi connectivity index (χ4v) is 4.97. The van der Waals surface area contributed by atoms with Crippen molar-refractivity contribution >= 4 is 34.3 Å². The molecule has 1 aliphatic carbocycles. The molecule has 7 nitrogen and oxygen atoms in total. The van der Waals surface area contributed by atoms with Crippen molar-refractivity contribution in [3.63, 3.8) is 0 Å². The number of anilines is 1. The van der Waals surface area contributed by atoms with Crippen LogP contribution in [0.25, 0.3) is 21.9 Å². The topological polar surface area (TPSA) is 95.9 Å². The van der Waals surface area contributed by atoms with Gasteiger partial charge in [-0.25, -0.2) is 9.59 Å². The summed E-state index contributed by atoms with van der Waals surface area (Å²) >= 11 is 0. The van der Waals surface area contributed by atoms with Gasteiger partial charge in [-0.3, -0.25) is 4.79 Å². The first-order valence-corrected chi connectivity index (χ1v) is 12.4. The number of nitrogens with zero attached hydrogens (tertiary/aromatic N) is 1. The molecule has 1 aliphatic rings. The molecule has 0 spiro atoms.